The Kier molecular flexibility index (Phi) is 5.59. The third kappa shape index (κ3) is 4.30. The molecule has 2 amide bonds. The average Bonchev–Trinajstić information content (AvgIpc) is 2.86. The smallest absolute Gasteiger partial charge is 0.230 e. The average molecular weight is 466 g/mol. The fourth-order valence-electron chi connectivity index (χ4n) is 3.04. The molecule has 25 heavy (non-hydrogen) atoms. The number of amides is 2. The van der Waals surface area contributed by atoms with Crippen molar-refractivity contribution in [3.63, 3.8) is 0 Å². The van der Waals surface area contributed by atoms with Crippen molar-refractivity contribution in [1.82, 2.24) is 0 Å². The van der Waals surface area contributed by atoms with Crippen molar-refractivity contribution in [2.75, 3.05) is 16.8 Å². The Balaban J connectivity index is 1.66. The fourth-order valence-corrected chi connectivity index (χ4v) is 3.56. The fraction of sp³-hybridized carbons (Fsp3) is 0.263. The van der Waals surface area contributed by atoms with Crippen LogP contribution >= 0.6 is 31.9 Å². The van der Waals surface area contributed by atoms with E-state index < -0.39 is 0 Å². The summed E-state index contributed by atoms with van der Waals surface area (Å²) in [6.45, 7) is 2.66. The van der Waals surface area contributed by atoms with Crippen LogP contribution in [0.15, 0.2) is 57.5 Å². The lowest BCUT2D eigenvalue weighted by atomic mass is 9.94. The van der Waals surface area contributed by atoms with Crippen LogP contribution in [0.3, 0.4) is 0 Å². The third-order valence-electron chi connectivity index (χ3n) is 4.41. The number of benzene rings is 2. The first-order valence-corrected chi connectivity index (χ1v) is 9.65. The number of halogens is 2. The Morgan fingerprint density at radius 1 is 1.08 bits per heavy atom. The van der Waals surface area contributed by atoms with Gasteiger partial charge in [-0.3, -0.25) is 9.59 Å². The highest BCUT2D eigenvalue weighted by molar-refractivity contribution is 9.10. The highest BCUT2D eigenvalue weighted by atomic mass is 79.9. The summed E-state index contributed by atoms with van der Waals surface area (Å²) in [5.74, 6) is -0.281. The molecule has 1 heterocycles. The van der Waals surface area contributed by atoms with Gasteiger partial charge in [-0.1, -0.05) is 38.8 Å². The van der Waals surface area contributed by atoms with Crippen LogP contribution in [0.1, 0.15) is 13.3 Å². The molecule has 1 fully saturated rings. The Morgan fingerprint density at radius 3 is 2.24 bits per heavy atom. The van der Waals surface area contributed by atoms with Gasteiger partial charge in [0.05, 0.1) is 5.92 Å². The van der Waals surface area contributed by atoms with Gasteiger partial charge in [0.25, 0.3) is 0 Å². The molecule has 0 unspecified atom stereocenters. The van der Waals surface area contributed by atoms with Gasteiger partial charge in [-0.05, 0) is 54.4 Å². The van der Waals surface area contributed by atoms with Crippen molar-refractivity contribution in [1.29, 1.82) is 0 Å². The number of hydrogen-bond acceptors (Lipinski definition) is 2. The second kappa shape index (κ2) is 7.70. The summed E-state index contributed by atoms with van der Waals surface area (Å²) in [5, 5.41) is 2.86. The molecule has 0 bridgehead atoms. The zero-order valence-corrected chi connectivity index (χ0v) is 16.9. The van der Waals surface area contributed by atoms with Crippen LogP contribution in [0.25, 0.3) is 0 Å². The van der Waals surface area contributed by atoms with Gasteiger partial charge in [0.2, 0.25) is 11.8 Å². The van der Waals surface area contributed by atoms with E-state index in [1.54, 1.807) is 4.90 Å². The molecule has 1 N–H and O–H groups in total. The maximum absolute atomic E-state index is 12.8. The van der Waals surface area contributed by atoms with Crippen molar-refractivity contribution in [2.24, 2.45) is 11.8 Å². The van der Waals surface area contributed by atoms with Gasteiger partial charge in [-0.15, -0.1) is 0 Å². The summed E-state index contributed by atoms with van der Waals surface area (Å²) in [6.07, 6.45) is 0.198. The number of rotatable bonds is 4. The van der Waals surface area contributed by atoms with Crippen molar-refractivity contribution in [3.8, 4) is 0 Å². The molecule has 1 aliphatic rings. The second-order valence-corrected chi connectivity index (χ2v) is 8.10. The zero-order chi connectivity index (χ0) is 18.0. The maximum atomic E-state index is 12.8. The largest absolute Gasteiger partial charge is 0.326 e. The normalized spacial score (nSPS) is 20.0. The first-order valence-electron chi connectivity index (χ1n) is 8.06. The standard InChI is InChI=1S/C19H18Br2N2O2/c1-12-11-23(16-8-4-14(21)5-9-16)19(25)17(12)10-18(24)22-15-6-2-13(20)3-7-15/h2-9,12,17H,10-11H2,1H3,(H,22,24)/t12-,17+/m0/s1. The Labute approximate surface area is 163 Å². The lowest BCUT2D eigenvalue weighted by Crippen LogP contribution is -2.29. The quantitative estimate of drug-likeness (QED) is 0.702. The summed E-state index contributed by atoms with van der Waals surface area (Å²) in [7, 11) is 0. The minimum atomic E-state index is -0.293. The maximum Gasteiger partial charge on any atom is 0.230 e. The molecule has 0 radical (unpaired) electrons. The molecule has 2 atom stereocenters. The summed E-state index contributed by atoms with van der Waals surface area (Å²) in [6, 6.07) is 15.1. The number of hydrogen-bond donors (Lipinski definition) is 1. The molecular formula is C19H18Br2N2O2. The van der Waals surface area contributed by atoms with Crippen LogP contribution in [0.2, 0.25) is 0 Å². The molecule has 3 rings (SSSR count). The van der Waals surface area contributed by atoms with Gasteiger partial charge in [0, 0.05) is 33.3 Å². The summed E-state index contributed by atoms with van der Waals surface area (Å²) >= 11 is 6.77. The van der Waals surface area contributed by atoms with E-state index >= 15 is 0 Å². The van der Waals surface area contributed by atoms with Crippen LogP contribution < -0.4 is 10.2 Å². The summed E-state index contributed by atoms with van der Waals surface area (Å²) in [4.78, 5) is 26.9. The molecule has 130 valence electrons. The van der Waals surface area contributed by atoms with Gasteiger partial charge in [-0.25, -0.2) is 0 Å². The number of carbonyl (C=O) groups is 2. The third-order valence-corrected chi connectivity index (χ3v) is 5.47. The van der Waals surface area contributed by atoms with E-state index in [2.05, 4.69) is 37.2 Å². The topological polar surface area (TPSA) is 49.4 Å². The predicted octanol–water partition coefficient (Wildman–Crippen LogP) is 4.84. The Hall–Kier alpha value is -1.66. The molecule has 1 saturated heterocycles. The highest BCUT2D eigenvalue weighted by Gasteiger charge is 2.39. The molecule has 0 aliphatic carbocycles. The predicted molar refractivity (Wildman–Crippen MR) is 107 cm³/mol. The van der Waals surface area contributed by atoms with Crippen LogP contribution in [0.5, 0.6) is 0 Å². The van der Waals surface area contributed by atoms with E-state index in [1.807, 2.05) is 55.5 Å². The van der Waals surface area contributed by atoms with Gasteiger partial charge in [0.15, 0.2) is 0 Å². The molecule has 2 aromatic rings. The van der Waals surface area contributed by atoms with Crippen LogP contribution in [-0.4, -0.2) is 18.4 Å². The van der Waals surface area contributed by atoms with Gasteiger partial charge in [0.1, 0.15) is 0 Å². The molecule has 4 nitrogen and oxygen atoms in total. The van der Waals surface area contributed by atoms with Gasteiger partial charge in [-0.2, -0.15) is 0 Å². The van der Waals surface area contributed by atoms with Crippen molar-refractivity contribution in [2.45, 2.75) is 13.3 Å². The van der Waals surface area contributed by atoms with E-state index in [1.165, 1.54) is 0 Å². The molecule has 0 spiro atoms. The van der Waals surface area contributed by atoms with Crippen LogP contribution in [0, 0.1) is 11.8 Å². The first kappa shape index (κ1) is 18.1. The monoisotopic (exact) mass is 464 g/mol. The minimum absolute atomic E-state index is 0.0146. The van der Waals surface area contributed by atoms with Crippen molar-refractivity contribution < 1.29 is 9.59 Å². The number of nitrogens with zero attached hydrogens (tertiary/aromatic N) is 1. The van der Waals surface area contributed by atoms with E-state index in [9.17, 15) is 9.59 Å². The zero-order valence-electron chi connectivity index (χ0n) is 13.7. The Morgan fingerprint density at radius 2 is 1.64 bits per heavy atom. The summed E-state index contributed by atoms with van der Waals surface area (Å²) in [5.41, 5.74) is 1.60. The lowest BCUT2D eigenvalue weighted by Gasteiger charge is -2.17. The number of carbonyl (C=O) groups excluding carboxylic acids is 2. The number of anilines is 2. The van der Waals surface area contributed by atoms with E-state index in [-0.39, 0.29) is 30.1 Å². The van der Waals surface area contributed by atoms with Crippen LogP contribution in [-0.2, 0) is 9.59 Å². The molecule has 0 aromatic heterocycles. The van der Waals surface area contributed by atoms with Gasteiger partial charge < -0.3 is 10.2 Å². The highest BCUT2D eigenvalue weighted by Crippen LogP contribution is 2.32. The van der Waals surface area contributed by atoms with E-state index in [0.29, 0.717) is 6.54 Å². The molecule has 6 heteroatoms. The first-order chi connectivity index (χ1) is 11.9. The van der Waals surface area contributed by atoms with Gasteiger partial charge >= 0.3 is 0 Å². The number of nitrogens with one attached hydrogen (secondary N) is 1. The summed E-state index contributed by atoms with van der Waals surface area (Å²) < 4.78 is 1.93. The van der Waals surface area contributed by atoms with Crippen LogP contribution in [0.4, 0.5) is 11.4 Å². The molecular weight excluding hydrogens is 448 g/mol. The minimum Gasteiger partial charge on any atom is -0.326 e. The second-order valence-electron chi connectivity index (χ2n) is 6.27. The molecule has 1 aliphatic heterocycles. The van der Waals surface area contributed by atoms with E-state index in [4.69, 9.17) is 0 Å². The van der Waals surface area contributed by atoms with Crippen molar-refractivity contribution in [3.05, 3.63) is 57.5 Å². The SMILES string of the molecule is C[C@H]1CN(c2ccc(Br)cc2)C(=O)[C@@H]1CC(=O)Nc1ccc(Br)cc1. The molecule has 2 aromatic carbocycles. The Bertz CT molecular complexity index is 775. The molecule has 0 saturated carbocycles. The van der Waals surface area contributed by atoms with E-state index in [0.717, 1.165) is 20.3 Å². The lowest BCUT2D eigenvalue weighted by molar-refractivity contribution is -0.125. The van der Waals surface area contributed by atoms with Crippen molar-refractivity contribution >= 4 is 55.0 Å².